The molecule has 7 nitrogen and oxygen atoms in total. The molecule has 0 spiro atoms. The maximum atomic E-state index is 11.2. The molecule has 1 amide bonds. The molecule has 0 saturated heterocycles. The highest BCUT2D eigenvalue weighted by molar-refractivity contribution is 6.28. The first-order valence-electron chi connectivity index (χ1n) is 4.05. The number of nitrogens with zero attached hydrogens (tertiary/aromatic N) is 3. The number of halogens is 1. The number of methoxy groups -OCH3 is 1. The Labute approximate surface area is 91.0 Å². The quantitative estimate of drug-likeness (QED) is 0.748. The van der Waals surface area contributed by atoms with E-state index in [0.717, 1.165) is 0 Å². The number of carbonyl (C=O) groups excluding carboxylic acids is 1. The summed E-state index contributed by atoms with van der Waals surface area (Å²) in [6.07, 6.45) is 0. The minimum atomic E-state index is -0.661. The molecule has 0 bridgehead atoms. The SMILES string of the molecule is COc1nc(Cl)nc(NC(=O)[C@H](C)N)n1. The third-order valence-corrected chi connectivity index (χ3v) is 1.59. The van der Waals surface area contributed by atoms with Gasteiger partial charge in [0.1, 0.15) is 0 Å². The fraction of sp³-hybridized carbons (Fsp3) is 0.429. The molecule has 1 rings (SSSR count). The molecule has 15 heavy (non-hydrogen) atoms. The van der Waals surface area contributed by atoms with E-state index in [1.807, 2.05) is 0 Å². The molecule has 0 aliphatic carbocycles. The molecule has 8 heteroatoms. The molecule has 0 unspecified atom stereocenters. The van der Waals surface area contributed by atoms with Gasteiger partial charge >= 0.3 is 6.01 Å². The summed E-state index contributed by atoms with van der Waals surface area (Å²) in [5.41, 5.74) is 5.34. The fourth-order valence-corrected chi connectivity index (χ4v) is 0.855. The molecule has 0 radical (unpaired) electrons. The predicted molar refractivity (Wildman–Crippen MR) is 53.7 cm³/mol. The molecule has 0 fully saturated rings. The van der Waals surface area contributed by atoms with Crippen molar-refractivity contribution in [3.8, 4) is 6.01 Å². The lowest BCUT2D eigenvalue weighted by Gasteiger charge is -2.06. The van der Waals surface area contributed by atoms with Crippen LogP contribution in [0.25, 0.3) is 0 Å². The van der Waals surface area contributed by atoms with E-state index in [-0.39, 0.29) is 17.2 Å². The van der Waals surface area contributed by atoms with E-state index in [0.29, 0.717) is 0 Å². The van der Waals surface area contributed by atoms with E-state index < -0.39 is 11.9 Å². The monoisotopic (exact) mass is 231 g/mol. The molecule has 1 aromatic rings. The van der Waals surface area contributed by atoms with Crippen LogP contribution in [0.3, 0.4) is 0 Å². The molecule has 1 atom stereocenters. The summed E-state index contributed by atoms with van der Waals surface area (Å²) in [5.74, 6) is -0.409. The van der Waals surface area contributed by atoms with Crippen molar-refractivity contribution in [3.05, 3.63) is 5.28 Å². The van der Waals surface area contributed by atoms with Crippen molar-refractivity contribution in [1.29, 1.82) is 0 Å². The van der Waals surface area contributed by atoms with E-state index in [2.05, 4.69) is 20.3 Å². The van der Waals surface area contributed by atoms with Gasteiger partial charge in [-0.1, -0.05) is 0 Å². The van der Waals surface area contributed by atoms with E-state index in [9.17, 15) is 4.79 Å². The topological polar surface area (TPSA) is 103 Å². The third kappa shape index (κ3) is 3.30. The van der Waals surface area contributed by atoms with Crippen molar-refractivity contribution < 1.29 is 9.53 Å². The summed E-state index contributed by atoms with van der Waals surface area (Å²) in [5, 5.41) is 2.30. The lowest BCUT2D eigenvalue weighted by molar-refractivity contribution is -0.117. The summed E-state index contributed by atoms with van der Waals surface area (Å²) >= 11 is 5.57. The van der Waals surface area contributed by atoms with Crippen LogP contribution in [-0.4, -0.2) is 34.0 Å². The van der Waals surface area contributed by atoms with Crippen molar-refractivity contribution >= 4 is 23.5 Å². The first kappa shape index (κ1) is 11.6. The second-order valence-electron chi connectivity index (χ2n) is 2.69. The van der Waals surface area contributed by atoms with E-state index in [4.69, 9.17) is 22.1 Å². The van der Waals surface area contributed by atoms with Crippen molar-refractivity contribution in [2.75, 3.05) is 12.4 Å². The molecular weight excluding hydrogens is 222 g/mol. The highest BCUT2D eigenvalue weighted by atomic mass is 35.5. The van der Waals surface area contributed by atoms with Crippen LogP contribution in [0, 0.1) is 0 Å². The maximum absolute atomic E-state index is 11.2. The number of anilines is 1. The van der Waals surface area contributed by atoms with E-state index in [1.165, 1.54) is 14.0 Å². The Balaban J connectivity index is 2.85. The van der Waals surface area contributed by atoms with Crippen molar-refractivity contribution in [2.45, 2.75) is 13.0 Å². The van der Waals surface area contributed by atoms with Gasteiger partial charge in [0.05, 0.1) is 13.2 Å². The first-order valence-corrected chi connectivity index (χ1v) is 4.42. The van der Waals surface area contributed by atoms with Crippen LogP contribution in [0.4, 0.5) is 5.95 Å². The number of amides is 1. The van der Waals surface area contributed by atoms with Crippen molar-refractivity contribution in [3.63, 3.8) is 0 Å². The van der Waals surface area contributed by atoms with Gasteiger partial charge < -0.3 is 10.5 Å². The van der Waals surface area contributed by atoms with Gasteiger partial charge in [-0.05, 0) is 18.5 Å². The van der Waals surface area contributed by atoms with Crippen molar-refractivity contribution in [1.82, 2.24) is 15.0 Å². The second kappa shape index (κ2) is 4.85. The lowest BCUT2D eigenvalue weighted by Crippen LogP contribution is -2.33. The van der Waals surface area contributed by atoms with Crippen LogP contribution >= 0.6 is 11.6 Å². The smallest absolute Gasteiger partial charge is 0.322 e. The van der Waals surface area contributed by atoms with Gasteiger partial charge in [-0.15, -0.1) is 0 Å². The van der Waals surface area contributed by atoms with E-state index in [1.54, 1.807) is 0 Å². The summed E-state index contributed by atoms with van der Waals surface area (Å²) in [6, 6.07) is -0.637. The number of hydrogen-bond donors (Lipinski definition) is 2. The maximum Gasteiger partial charge on any atom is 0.322 e. The molecule has 1 heterocycles. The number of aromatic nitrogens is 3. The number of rotatable bonds is 3. The number of carbonyl (C=O) groups is 1. The van der Waals surface area contributed by atoms with Crippen LogP contribution in [0.15, 0.2) is 0 Å². The predicted octanol–water partition coefficient (Wildman–Crippen LogP) is -0.181. The van der Waals surface area contributed by atoms with Gasteiger partial charge in [0.25, 0.3) is 0 Å². The highest BCUT2D eigenvalue weighted by Gasteiger charge is 2.11. The number of nitrogens with two attached hydrogens (primary N) is 1. The zero-order chi connectivity index (χ0) is 11.4. The fourth-order valence-electron chi connectivity index (χ4n) is 0.703. The second-order valence-corrected chi connectivity index (χ2v) is 3.03. The molecule has 1 aromatic heterocycles. The summed E-state index contributed by atoms with van der Waals surface area (Å²) < 4.78 is 4.75. The molecule has 0 saturated carbocycles. The summed E-state index contributed by atoms with van der Waals surface area (Å²) in [6.45, 7) is 1.54. The zero-order valence-electron chi connectivity index (χ0n) is 8.19. The molecule has 0 aromatic carbocycles. The van der Waals surface area contributed by atoms with Gasteiger partial charge in [-0.3, -0.25) is 10.1 Å². The Hall–Kier alpha value is -1.47. The minimum absolute atomic E-state index is 0.00847. The Bertz CT molecular complexity index is 370. The van der Waals surface area contributed by atoms with Crippen LogP contribution in [0.5, 0.6) is 6.01 Å². The third-order valence-electron chi connectivity index (χ3n) is 1.42. The van der Waals surface area contributed by atoms with Gasteiger partial charge in [-0.25, -0.2) is 0 Å². The summed E-state index contributed by atoms with van der Waals surface area (Å²) in [4.78, 5) is 22.3. The largest absolute Gasteiger partial charge is 0.467 e. The average molecular weight is 232 g/mol. The van der Waals surface area contributed by atoms with Gasteiger partial charge in [-0.2, -0.15) is 15.0 Å². The van der Waals surface area contributed by atoms with Gasteiger partial charge in [0.15, 0.2) is 0 Å². The Morgan fingerprint density at radius 1 is 1.53 bits per heavy atom. The van der Waals surface area contributed by atoms with Crippen LogP contribution in [0.2, 0.25) is 5.28 Å². The Kier molecular flexibility index (Phi) is 3.75. The molecular formula is C7H10ClN5O2. The number of nitrogens with one attached hydrogen (secondary N) is 1. The van der Waals surface area contributed by atoms with Gasteiger partial charge in [0, 0.05) is 0 Å². The summed E-state index contributed by atoms with van der Waals surface area (Å²) in [7, 11) is 1.38. The molecule has 0 aliphatic heterocycles. The molecule has 3 N–H and O–H groups in total. The zero-order valence-corrected chi connectivity index (χ0v) is 8.95. The highest BCUT2D eigenvalue weighted by Crippen LogP contribution is 2.10. The lowest BCUT2D eigenvalue weighted by atomic mass is 10.3. The van der Waals surface area contributed by atoms with E-state index >= 15 is 0 Å². The van der Waals surface area contributed by atoms with Crippen molar-refractivity contribution in [2.24, 2.45) is 5.73 Å². The number of ether oxygens (including phenoxy) is 1. The normalized spacial score (nSPS) is 12.0. The standard InChI is InChI=1S/C7H10ClN5O2/c1-3(9)4(14)10-6-11-5(8)12-7(13-6)15-2/h3H,9H2,1-2H3,(H,10,11,12,13,14)/t3-/m0/s1. The van der Waals surface area contributed by atoms with Crippen LogP contribution < -0.4 is 15.8 Å². The Morgan fingerprint density at radius 2 is 2.20 bits per heavy atom. The minimum Gasteiger partial charge on any atom is -0.467 e. The number of hydrogen-bond acceptors (Lipinski definition) is 6. The molecule has 0 aliphatic rings. The molecule has 82 valence electrons. The average Bonchev–Trinajstić information content (AvgIpc) is 2.16. The van der Waals surface area contributed by atoms with Gasteiger partial charge in [0.2, 0.25) is 17.1 Å². The van der Waals surface area contributed by atoms with Crippen LogP contribution in [-0.2, 0) is 4.79 Å². The van der Waals surface area contributed by atoms with Crippen LogP contribution in [0.1, 0.15) is 6.92 Å². The first-order chi connectivity index (χ1) is 7.02. The Morgan fingerprint density at radius 3 is 2.73 bits per heavy atom.